The maximum atomic E-state index is 12.8. The van der Waals surface area contributed by atoms with Gasteiger partial charge in [0.1, 0.15) is 36.6 Å². The Balaban J connectivity index is 1.20. The van der Waals surface area contributed by atoms with E-state index < -0.39 is 95.8 Å². The molecule has 9 N–H and O–H groups in total. The summed E-state index contributed by atoms with van der Waals surface area (Å²) in [6.45, 7) is 9.81. The summed E-state index contributed by atoms with van der Waals surface area (Å²) in [6.07, 6.45) is -2.55. The van der Waals surface area contributed by atoms with Crippen LogP contribution in [0.25, 0.3) is 0 Å². The molecule has 2 heterocycles. The van der Waals surface area contributed by atoms with Crippen LogP contribution < -0.4 is 0 Å². The first kappa shape index (κ1) is 40.6. The van der Waals surface area contributed by atoms with Gasteiger partial charge in [-0.3, -0.25) is 0 Å². The van der Waals surface area contributed by atoms with E-state index in [9.17, 15) is 46.0 Å². The molecule has 0 aromatic carbocycles. The van der Waals surface area contributed by atoms with E-state index in [2.05, 4.69) is 39.8 Å². The van der Waals surface area contributed by atoms with Gasteiger partial charge in [0.2, 0.25) is 0 Å². The number of fused-ring (bicyclic) bond motifs is 5. The molecule has 2 unspecified atom stereocenters. The largest absolute Gasteiger partial charge is 0.394 e. The molecule has 13 heteroatoms. The number of hydrogen-bond donors (Lipinski definition) is 9. The summed E-state index contributed by atoms with van der Waals surface area (Å²) >= 11 is 0. The van der Waals surface area contributed by atoms with Crippen LogP contribution >= 0.6 is 0 Å². The summed E-state index contributed by atoms with van der Waals surface area (Å²) < 4.78 is 23.1. The van der Waals surface area contributed by atoms with Gasteiger partial charge in [0.25, 0.3) is 0 Å². The van der Waals surface area contributed by atoms with Gasteiger partial charge in [0.15, 0.2) is 6.29 Å². The van der Waals surface area contributed by atoms with Crippen molar-refractivity contribution in [2.24, 2.45) is 46.3 Å². The van der Waals surface area contributed by atoms with Gasteiger partial charge >= 0.3 is 0 Å². The molecule has 0 aromatic heterocycles. The first-order chi connectivity index (χ1) is 24.4. The molecule has 0 radical (unpaired) electrons. The van der Waals surface area contributed by atoms with Gasteiger partial charge in [-0.1, -0.05) is 52.8 Å². The lowest BCUT2D eigenvalue weighted by Gasteiger charge is -2.63. The van der Waals surface area contributed by atoms with Crippen molar-refractivity contribution in [2.45, 2.75) is 152 Å². The van der Waals surface area contributed by atoms with E-state index in [0.29, 0.717) is 32.1 Å². The van der Waals surface area contributed by atoms with Crippen molar-refractivity contribution in [1.82, 2.24) is 0 Å². The summed E-state index contributed by atoms with van der Waals surface area (Å²) in [5, 5.41) is 98.9. The number of aliphatic hydroxyl groups is 9. The zero-order valence-corrected chi connectivity index (χ0v) is 31.4. The fourth-order valence-electron chi connectivity index (χ4n) is 11.8. The average Bonchev–Trinajstić information content (AvgIpc) is 3.47. The number of hydrogen-bond acceptors (Lipinski definition) is 13. The lowest BCUT2D eigenvalue weighted by molar-refractivity contribution is -0.285. The quantitative estimate of drug-likeness (QED) is 0.139. The first-order valence-corrected chi connectivity index (χ1v) is 19.4. The third-order valence-corrected chi connectivity index (χ3v) is 14.5. The zero-order valence-electron chi connectivity index (χ0n) is 31.4. The zero-order chi connectivity index (χ0) is 38.1. The van der Waals surface area contributed by atoms with Gasteiger partial charge in [0.05, 0.1) is 49.3 Å². The van der Waals surface area contributed by atoms with Crippen molar-refractivity contribution in [3.05, 3.63) is 23.8 Å². The SMILES string of the molecule is CO[C@H]1[C@H](O[C@@H]2C=C3[C@H](O)C[C@]4(O)C(CC[C@@]5(C)C4[C@@H](O)[C@H](O)[C@@H]5[C@H](C)/C=C/[C@H](C[C@@H]4O[C@@H](CO)[C@H](O)[C@H]4O)C(C)C)[C@@]3(C)CC2)OC[C@@H](O)[C@@H]1O. The van der Waals surface area contributed by atoms with Gasteiger partial charge in [-0.2, -0.15) is 0 Å². The Kier molecular flexibility index (Phi) is 11.8. The minimum absolute atomic E-state index is 0.0120. The number of allylic oxidation sites excluding steroid dienone is 2. The normalized spacial score (nSPS) is 51.9. The van der Waals surface area contributed by atoms with Gasteiger partial charge in [-0.25, -0.2) is 0 Å². The molecule has 0 spiro atoms. The number of methoxy groups -OCH3 is 1. The van der Waals surface area contributed by atoms with Crippen LogP contribution in [0.5, 0.6) is 0 Å². The van der Waals surface area contributed by atoms with Gasteiger partial charge < -0.3 is 64.9 Å². The highest BCUT2D eigenvalue weighted by Gasteiger charge is 2.72. The van der Waals surface area contributed by atoms with Crippen LogP contribution in [0.4, 0.5) is 0 Å². The molecule has 6 rings (SSSR count). The molecule has 20 atom stereocenters. The number of aliphatic hydroxyl groups excluding tert-OH is 8. The van der Waals surface area contributed by atoms with Gasteiger partial charge in [-0.15, -0.1) is 0 Å². The Morgan fingerprint density at radius 1 is 0.904 bits per heavy atom. The van der Waals surface area contributed by atoms with Crippen LogP contribution in [0.2, 0.25) is 0 Å². The van der Waals surface area contributed by atoms with Crippen molar-refractivity contribution in [1.29, 1.82) is 0 Å². The standard InChI is InChI=1S/C39H64O13/c1-18(2)20(13-25-30(44)31(45)26(16-40)52-25)8-7-19(3)28-32(46)33(47)35-38(28,5)12-10-27-37(4)11-9-21(14-22(37)23(41)15-39(27,35)48)51-36-34(49-6)29(43)24(42)17-50-36/h7-8,14,18-21,23-36,40-48H,9-13,15-17H2,1-6H3/b8-7+/t19-,20-,21+,23-,24-,25+,26+,27?,28+,29+,30+,31+,32-,33+,34-,35?,36+,37+,38-,39+/m1/s1. The monoisotopic (exact) mass is 740 g/mol. The molecule has 52 heavy (non-hydrogen) atoms. The van der Waals surface area contributed by atoms with Crippen molar-refractivity contribution in [3.8, 4) is 0 Å². The van der Waals surface area contributed by atoms with Gasteiger partial charge in [-0.05, 0) is 78.1 Å². The lowest BCUT2D eigenvalue weighted by Crippen LogP contribution is -2.66. The highest BCUT2D eigenvalue weighted by Crippen LogP contribution is 2.69. The predicted molar refractivity (Wildman–Crippen MR) is 187 cm³/mol. The predicted octanol–water partition coefficient (Wildman–Crippen LogP) is 0.407. The number of rotatable bonds is 10. The summed E-state index contributed by atoms with van der Waals surface area (Å²) in [5.74, 6) is -1.38. The van der Waals surface area contributed by atoms with Crippen molar-refractivity contribution >= 4 is 0 Å². The van der Waals surface area contributed by atoms with E-state index in [1.165, 1.54) is 7.11 Å². The Morgan fingerprint density at radius 3 is 2.23 bits per heavy atom. The lowest BCUT2D eigenvalue weighted by atomic mass is 9.43. The molecule has 13 nitrogen and oxygen atoms in total. The van der Waals surface area contributed by atoms with Gasteiger partial charge in [0, 0.05) is 19.4 Å². The van der Waals surface area contributed by atoms with E-state index >= 15 is 0 Å². The molecule has 0 aromatic rings. The molecule has 6 aliphatic rings. The average molecular weight is 741 g/mol. The third-order valence-electron chi connectivity index (χ3n) is 14.5. The minimum atomic E-state index is -1.45. The second-order valence-electron chi connectivity index (χ2n) is 17.8. The summed E-state index contributed by atoms with van der Waals surface area (Å²) in [6, 6.07) is 0. The van der Waals surface area contributed by atoms with Crippen LogP contribution in [0.15, 0.2) is 23.8 Å². The fraction of sp³-hybridized carbons (Fsp3) is 0.897. The van der Waals surface area contributed by atoms with Crippen molar-refractivity contribution in [3.63, 3.8) is 0 Å². The highest BCUT2D eigenvalue weighted by atomic mass is 16.7. The fourth-order valence-corrected chi connectivity index (χ4v) is 11.8. The van der Waals surface area contributed by atoms with Crippen molar-refractivity contribution < 1.29 is 64.9 Å². The Hall–Kier alpha value is -1.04. The van der Waals surface area contributed by atoms with Crippen LogP contribution in [0.1, 0.15) is 73.1 Å². The van der Waals surface area contributed by atoms with Crippen LogP contribution in [-0.4, -0.2) is 145 Å². The van der Waals surface area contributed by atoms with E-state index in [-0.39, 0.29) is 49.2 Å². The first-order valence-electron chi connectivity index (χ1n) is 19.4. The highest BCUT2D eigenvalue weighted by molar-refractivity contribution is 5.33. The summed E-state index contributed by atoms with van der Waals surface area (Å²) in [5.41, 5.74) is -1.90. The number of ether oxygens (including phenoxy) is 4. The molecule has 4 aliphatic carbocycles. The molecule has 2 aliphatic heterocycles. The van der Waals surface area contributed by atoms with Crippen LogP contribution in [-0.2, 0) is 18.9 Å². The topological polar surface area (TPSA) is 219 Å². The Morgan fingerprint density at radius 2 is 1.60 bits per heavy atom. The molecule has 5 fully saturated rings. The maximum absolute atomic E-state index is 12.8. The molecule has 298 valence electrons. The second kappa shape index (κ2) is 15.1. The molecule has 0 bridgehead atoms. The minimum Gasteiger partial charge on any atom is -0.394 e. The van der Waals surface area contributed by atoms with E-state index in [0.717, 1.165) is 5.57 Å². The van der Waals surface area contributed by atoms with Crippen LogP contribution in [0, 0.1) is 46.3 Å². The van der Waals surface area contributed by atoms with E-state index in [4.69, 9.17) is 18.9 Å². The maximum Gasteiger partial charge on any atom is 0.187 e. The third kappa shape index (κ3) is 6.67. The Bertz CT molecular complexity index is 1310. The summed E-state index contributed by atoms with van der Waals surface area (Å²) in [4.78, 5) is 0. The second-order valence-corrected chi connectivity index (χ2v) is 17.8. The molecule has 3 saturated carbocycles. The van der Waals surface area contributed by atoms with Crippen molar-refractivity contribution in [2.75, 3.05) is 20.3 Å². The smallest absolute Gasteiger partial charge is 0.187 e. The van der Waals surface area contributed by atoms with E-state index in [1.54, 1.807) is 0 Å². The molecular weight excluding hydrogens is 676 g/mol. The van der Waals surface area contributed by atoms with E-state index in [1.807, 2.05) is 13.0 Å². The Labute approximate surface area is 307 Å². The molecule has 2 saturated heterocycles. The summed E-state index contributed by atoms with van der Waals surface area (Å²) in [7, 11) is 1.42. The molecule has 0 amide bonds. The molecular formula is C39H64O13. The van der Waals surface area contributed by atoms with Crippen LogP contribution in [0.3, 0.4) is 0 Å².